The van der Waals surface area contributed by atoms with E-state index in [1.807, 2.05) is 53.6 Å². The maximum absolute atomic E-state index is 5.18. The van der Waals surface area contributed by atoms with Gasteiger partial charge in [0.05, 0.1) is 24.3 Å². The predicted octanol–water partition coefficient (Wildman–Crippen LogP) is 5.15. The van der Waals surface area contributed by atoms with Crippen LogP contribution in [0, 0.1) is 0 Å². The van der Waals surface area contributed by atoms with E-state index in [1.165, 1.54) is 27.8 Å². The molecule has 2 aromatic rings. The van der Waals surface area contributed by atoms with Crippen molar-refractivity contribution in [2.75, 3.05) is 0 Å². The third-order valence-corrected chi connectivity index (χ3v) is 6.37. The number of aliphatic imine (C=N–C) groups is 1. The molecule has 0 atom stereocenters. The van der Waals surface area contributed by atoms with Crippen LogP contribution in [0.5, 0.6) is 0 Å². The number of thioether (sulfide) groups is 1. The number of nitrogens with zero attached hydrogens (tertiary/aromatic N) is 2. The van der Waals surface area contributed by atoms with Gasteiger partial charge in [-0.2, -0.15) is 0 Å². The highest BCUT2D eigenvalue weighted by molar-refractivity contribution is 8.26. The van der Waals surface area contributed by atoms with Gasteiger partial charge in [-0.3, -0.25) is 4.99 Å². The van der Waals surface area contributed by atoms with Gasteiger partial charge in [0.25, 0.3) is 5.82 Å². The second-order valence-corrected chi connectivity index (χ2v) is 8.59. The van der Waals surface area contributed by atoms with Crippen molar-refractivity contribution in [3.05, 3.63) is 102 Å². The summed E-state index contributed by atoms with van der Waals surface area (Å²) >= 11 is 6.84. The highest BCUT2D eigenvalue weighted by Crippen LogP contribution is 2.42. The lowest BCUT2D eigenvalue weighted by atomic mass is 10.0. The van der Waals surface area contributed by atoms with Gasteiger partial charge < -0.3 is 12.6 Å². The first-order valence-electron chi connectivity index (χ1n) is 9.50. The first-order valence-corrected chi connectivity index (χ1v) is 10.9. The molecule has 0 amide bonds. The molecule has 0 fully saturated rings. The number of fused-ring (bicyclic) bond motifs is 5. The van der Waals surface area contributed by atoms with E-state index in [0.717, 1.165) is 28.1 Å². The van der Waals surface area contributed by atoms with E-state index in [1.54, 1.807) is 11.8 Å². The molecule has 0 spiro atoms. The molecule has 3 nitrogen and oxygen atoms in total. The number of benzene rings is 2. The topological polar surface area (TPSA) is 27.4 Å². The number of allylic oxidation sites excluding steroid dienone is 5. The summed E-state index contributed by atoms with van der Waals surface area (Å²) in [6.45, 7) is 0. The fourth-order valence-corrected chi connectivity index (χ4v) is 4.70. The summed E-state index contributed by atoms with van der Waals surface area (Å²) < 4.78 is 2.79. The second-order valence-electron chi connectivity index (χ2n) is 6.98. The summed E-state index contributed by atoms with van der Waals surface area (Å²) in [6.07, 6.45) is 17.0. The minimum absolute atomic E-state index is 0.758. The van der Waals surface area contributed by atoms with Crippen LogP contribution in [0.15, 0.2) is 90.0 Å². The average molecular weight is 414 g/mol. The van der Waals surface area contributed by atoms with Crippen molar-refractivity contribution in [2.45, 2.75) is 12.2 Å². The van der Waals surface area contributed by atoms with Crippen LogP contribution in [0.3, 0.4) is 0 Å². The Labute approximate surface area is 180 Å². The van der Waals surface area contributed by atoms with Crippen molar-refractivity contribution < 1.29 is 4.58 Å². The highest BCUT2D eigenvalue weighted by atomic mass is 32.2. The van der Waals surface area contributed by atoms with E-state index in [2.05, 4.69) is 46.7 Å². The van der Waals surface area contributed by atoms with E-state index in [4.69, 9.17) is 12.6 Å². The van der Waals surface area contributed by atoms with Gasteiger partial charge in [0.15, 0.2) is 0 Å². The maximum Gasteiger partial charge on any atom is 0.283 e. The SMILES string of the molecule is C1=CC=C2NC=CC=[N+]2C=C1.[S-]C1=Nc2cc3c(cc2CS1)Cc1ccccc1-3. The number of rotatable bonds is 0. The summed E-state index contributed by atoms with van der Waals surface area (Å²) in [7, 11) is 0. The van der Waals surface area contributed by atoms with Crippen molar-refractivity contribution >= 4 is 40.7 Å². The van der Waals surface area contributed by atoms with Crippen LogP contribution in [-0.2, 0) is 24.8 Å². The van der Waals surface area contributed by atoms with Gasteiger partial charge in [-0.15, -0.1) is 11.8 Å². The summed E-state index contributed by atoms with van der Waals surface area (Å²) in [6, 6.07) is 13.1. The van der Waals surface area contributed by atoms with Crippen LogP contribution >= 0.6 is 11.8 Å². The van der Waals surface area contributed by atoms with Crippen molar-refractivity contribution in [2.24, 2.45) is 4.99 Å². The Balaban J connectivity index is 0.000000142. The standard InChI is InChI=1S/C15H11NS2.C9H8N2/c17-15-16-14-7-13-10(6-11(14)8-18-15)5-9-3-1-2-4-12(9)13;1-2-5-9-10-6-4-8-11(9)7-3-1/h1-4,6-7H,5,8H2,(H,16,17);1-8H. The maximum atomic E-state index is 5.18. The Bertz CT molecular complexity index is 1170. The largest absolute Gasteiger partial charge is 0.753 e. The molecule has 29 heavy (non-hydrogen) atoms. The molecule has 3 aliphatic heterocycles. The van der Waals surface area contributed by atoms with E-state index in [-0.39, 0.29) is 0 Å². The second kappa shape index (κ2) is 7.85. The molecule has 0 saturated heterocycles. The molecular weight excluding hydrogens is 394 g/mol. The molecule has 4 aliphatic rings. The Kier molecular flexibility index (Phi) is 4.92. The van der Waals surface area contributed by atoms with Gasteiger partial charge in [0.2, 0.25) is 0 Å². The molecular formula is C24H19N3S2. The van der Waals surface area contributed by atoms with E-state index in [0.29, 0.717) is 0 Å². The zero-order valence-electron chi connectivity index (χ0n) is 15.7. The number of hydrogen-bond donors (Lipinski definition) is 1. The molecule has 5 heteroatoms. The average Bonchev–Trinajstić information content (AvgIpc) is 2.93. The first kappa shape index (κ1) is 18.2. The molecule has 2 aromatic carbocycles. The Morgan fingerprint density at radius 3 is 2.86 bits per heavy atom. The zero-order chi connectivity index (χ0) is 19.6. The fourth-order valence-electron chi connectivity index (χ4n) is 3.75. The summed E-state index contributed by atoms with van der Waals surface area (Å²) in [5.74, 6) is 2.04. The van der Waals surface area contributed by atoms with Crippen molar-refractivity contribution in [3.8, 4) is 11.1 Å². The smallest absolute Gasteiger partial charge is 0.283 e. The minimum Gasteiger partial charge on any atom is -0.753 e. The van der Waals surface area contributed by atoms with E-state index in [9.17, 15) is 0 Å². The minimum atomic E-state index is 0.758. The molecule has 1 aliphatic carbocycles. The van der Waals surface area contributed by atoms with Crippen LogP contribution < -0.4 is 5.32 Å². The highest BCUT2D eigenvalue weighted by Gasteiger charge is 2.20. The summed E-state index contributed by atoms with van der Waals surface area (Å²) in [4.78, 5) is 4.49. The molecule has 0 aromatic heterocycles. The van der Waals surface area contributed by atoms with E-state index < -0.39 is 0 Å². The van der Waals surface area contributed by atoms with Crippen molar-refractivity contribution in [3.63, 3.8) is 0 Å². The normalized spacial score (nSPS) is 17.2. The number of hydrogen-bond acceptors (Lipinski definition) is 4. The van der Waals surface area contributed by atoms with Gasteiger partial charge in [-0.1, -0.05) is 42.5 Å². The lowest BCUT2D eigenvalue weighted by Gasteiger charge is -2.19. The monoisotopic (exact) mass is 413 g/mol. The van der Waals surface area contributed by atoms with Crippen molar-refractivity contribution in [1.82, 2.24) is 5.32 Å². The lowest BCUT2D eigenvalue weighted by molar-refractivity contribution is -0.401. The molecule has 0 saturated carbocycles. The van der Waals surface area contributed by atoms with Gasteiger partial charge in [0, 0.05) is 17.9 Å². The molecule has 0 unspecified atom stereocenters. The predicted molar refractivity (Wildman–Crippen MR) is 125 cm³/mol. The van der Waals surface area contributed by atoms with Gasteiger partial charge in [0.1, 0.15) is 0 Å². The Hall–Kier alpha value is -2.89. The van der Waals surface area contributed by atoms with Crippen LogP contribution in [0.25, 0.3) is 11.1 Å². The summed E-state index contributed by atoms with van der Waals surface area (Å²) in [5, 5.41) is 3.13. The molecule has 1 N–H and O–H groups in total. The third-order valence-electron chi connectivity index (χ3n) is 5.13. The fraction of sp³-hybridized carbons (Fsp3) is 0.0833. The molecule has 142 valence electrons. The van der Waals surface area contributed by atoms with Gasteiger partial charge in [-0.05, 0) is 50.8 Å². The van der Waals surface area contributed by atoms with Gasteiger partial charge >= 0.3 is 0 Å². The van der Waals surface area contributed by atoms with E-state index >= 15 is 0 Å². The summed E-state index contributed by atoms with van der Waals surface area (Å²) in [5.41, 5.74) is 7.93. The van der Waals surface area contributed by atoms with Crippen LogP contribution in [0.4, 0.5) is 5.69 Å². The van der Waals surface area contributed by atoms with Crippen LogP contribution in [-0.4, -0.2) is 15.2 Å². The van der Waals surface area contributed by atoms with Gasteiger partial charge in [-0.25, -0.2) is 9.89 Å². The Morgan fingerprint density at radius 2 is 1.90 bits per heavy atom. The molecule has 0 radical (unpaired) electrons. The first-order chi connectivity index (χ1) is 14.3. The quantitative estimate of drug-likeness (QED) is 0.408. The molecule has 6 rings (SSSR count). The van der Waals surface area contributed by atoms with Crippen LogP contribution in [0.1, 0.15) is 16.7 Å². The lowest BCUT2D eigenvalue weighted by Crippen LogP contribution is -2.20. The molecule has 3 heterocycles. The zero-order valence-corrected chi connectivity index (χ0v) is 17.3. The third kappa shape index (κ3) is 3.71. The number of nitrogens with one attached hydrogen (secondary N) is 1. The van der Waals surface area contributed by atoms with Crippen LogP contribution in [0.2, 0.25) is 0 Å². The van der Waals surface area contributed by atoms with Crippen molar-refractivity contribution in [1.29, 1.82) is 0 Å². The molecule has 0 bridgehead atoms. The Morgan fingerprint density at radius 1 is 0.966 bits per heavy atom.